The summed E-state index contributed by atoms with van der Waals surface area (Å²) in [5.74, 6) is 0.450. The fourth-order valence-electron chi connectivity index (χ4n) is 1.15. The van der Waals surface area contributed by atoms with Crippen molar-refractivity contribution in [1.29, 1.82) is 0 Å². The lowest BCUT2D eigenvalue weighted by molar-refractivity contribution is 0.680. The first-order chi connectivity index (χ1) is 6.33. The number of hydrogen-bond donors (Lipinski definition) is 1. The fourth-order valence-corrected chi connectivity index (χ4v) is 1.31. The van der Waals surface area contributed by atoms with Gasteiger partial charge in [0.2, 0.25) is 0 Å². The summed E-state index contributed by atoms with van der Waals surface area (Å²) in [5.41, 5.74) is 0.398. The van der Waals surface area contributed by atoms with E-state index in [4.69, 9.17) is 11.6 Å². The number of H-pyrrole nitrogens is 1. The van der Waals surface area contributed by atoms with E-state index < -0.39 is 0 Å². The summed E-state index contributed by atoms with van der Waals surface area (Å²) in [7, 11) is 0. The molecule has 0 aliphatic heterocycles. The van der Waals surface area contributed by atoms with Gasteiger partial charge in [-0.15, -0.1) is 11.6 Å². The molecule has 68 valence electrons. The second-order valence-electron chi connectivity index (χ2n) is 2.53. The van der Waals surface area contributed by atoms with Crippen LogP contribution < -0.4 is 5.56 Å². The van der Waals surface area contributed by atoms with E-state index in [2.05, 4.69) is 15.1 Å². The normalized spacial score (nSPS) is 10.8. The van der Waals surface area contributed by atoms with Gasteiger partial charge in [0.05, 0.1) is 19.1 Å². The van der Waals surface area contributed by atoms with E-state index in [1.165, 1.54) is 12.5 Å². The molecule has 1 N–H and O–H groups in total. The van der Waals surface area contributed by atoms with Crippen LogP contribution in [0.3, 0.4) is 0 Å². The number of aryl methyl sites for hydroxylation is 1. The summed E-state index contributed by atoms with van der Waals surface area (Å²) >= 11 is 5.56. The minimum atomic E-state index is -0.175. The molecular formula is C7H7ClN4O. The van der Waals surface area contributed by atoms with E-state index in [9.17, 15) is 4.79 Å². The largest absolute Gasteiger partial charge is 0.312 e. The van der Waals surface area contributed by atoms with Crippen molar-refractivity contribution in [2.24, 2.45) is 0 Å². The molecule has 6 heteroatoms. The first kappa shape index (κ1) is 8.25. The van der Waals surface area contributed by atoms with Crippen LogP contribution in [0.25, 0.3) is 11.0 Å². The van der Waals surface area contributed by atoms with Gasteiger partial charge >= 0.3 is 0 Å². The lowest BCUT2D eigenvalue weighted by Crippen LogP contribution is -2.07. The summed E-state index contributed by atoms with van der Waals surface area (Å²) in [4.78, 5) is 17.7. The Balaban J connectivity index is 2.68. The number of hydrogen-bond acceptors (Lipinski definition) is 3. The number of alkyl halides is 1. The third-order valence-corrected chi connectivity index (χ3v) is 1.90. The van der Waals surface area contributed by atoms with Crippen LogP contribution in [0.4, 0.5) is 0 Å². The van der Waals surface area contributed by atoms with Crippen LogP contribution >= 0.6 is 11.6 Å². The lowest BCUT2D eigenvalue weighted by Gasteiger charge is -1.96. The van der Waals surface area contributed by atoms with Crippen LogP contribution in [0.1, 0.15) is 0 Å². The Morgan fingerprint density at radius 1 is 1.62 bits per heavy atom. The van der Waals surface area contributed by atoms with Crippen LogP contribution in [0, 0.1) is 0 Å². The van der Waals surface area contributed by atoms with Crippen LogP contribution in [0.5, 0.6) is 0 Å². The number of nitrogens with zero attached hydrogens (tertiary/aromatic N) is 3. The molecule has 2 aromatic heterocycles. The molecule has 0 bridgehead atoms. The number of halogens is 1. The molecule has 0 unspecified atom stereocenters. The summed E-state index contributed by atoms with van der Waals surface area (Å²) in [6.07, 6.45) is 2.85. The maximum Gasteiger partial charge on any atom is 0.261 e. The zero-order valence-corrected chi connectivity index (χ0v) is 7.45. The van der Waals surface area contributed by atoms with Crippen LogP contribution in [0.15, 0.2) is 17.3 Å². The molecule has 2 rings (SSSR count). The molecule has 0 radical (unpaired) electrons. The zero-order valence-electron chi connectivity index (χ0n) is 6.70. The van der Waals surface area contributed by atoms with E-state index in [0.717, 1.165) is 0 Å². The molecule has 0 atom stereocenters. The third-order valence-electron chi connectivity index (χ3n) is 1.74. The van der Waals surface area contributed by atoms with E-state index >= 15 is 0 Å². The van der Waals surface area contributed by atoms with Crippen molar-refractivity contribution in [2.45, 2.75) is 6.54 Å². The van der Waals surface area contributed by atoms with Crippen molar-refractivity contribution in [1.82, 2.24) is 19.7 Å². The van der Waals surface area contributed by atoms with Crippen molar-refractivity contribution in [3.63, 3.8) is 0 Å². The number of fused-ring (bicyclic) bond motifs is 1. The second-order valence-corrected chi connectivity index (χ2v) is 2.90. The Morgan fingerprint density at radius 2 is 2.46 bits per heavy atom. The van der Waals surface area contributed by atoms with E-state index in [1.54, 1.807) is 4.68 Å². The Kier molecular flexibility index (Phi) is 2.02. The van der Waals surface area contributed by atoms with E-state index in [-0.39, 0.29) is 5.56 Å². The SMILES string of the molecule is O=c1[nH]cnc2c1cnn2CCCl. The minimum absolute atomic E-state index is 0.175. The molecule has 0 saturated carbocycles. The minimum Gasteiger partial charge on any atom is -0.312 e. The molecular weight excluding hydrogens is 192 g/mol. The van der Waals surface area contributed by atoms with Crippen molar-refractivity contribution < 1.29 is 0 Å². The highest BCUT2D eigenvalue weighted by atomic mass is 35.5. The van der Waals surface area contributed by atoms with Crippen LogP contribution in [-0.2, 0) is 6.54 Å². The molecule has 2 heterocycles. The van der Waals surface area contributed by atoms with Gasteiger partial charge in [-0.25, -0.2) is 9.67 Å². The molecule has 5 nitrogen and oxygen atoms in total. The van der Waals surface area contributed by atoms with Gasteiger partial charge in [-0.1, -0.05) is 0 Å². The Bertz CT molecular complexity index is 475. The predicted octanol–water partition coefficient (Wildman–Crippen LogP) is 0.358. The Hall–Kier alpha value is -1.36. The highest BCUT2D eigenvalue weighted by Crippen LogP contribution is 2.03. The second kappa shape index (κ2) is 3.18. The predicted molar refractivity (Wildman–Crippen MR) is 48.9 cm³/mol. The molecule has 0 fully saturated rings. The van der Waals surface area contributed by atoms with Gasteiger partial charge < -0.3 is 4.98 Å². The fraction of sp³-hybridized carbons (Fsp3) is 0.286. The Labute approximate surface area is 78.4 Å². The maximum absolute atomic E-state index is 11.2. The molecule has 0 aromatic carbocycles. The summed E-state index contributed by atoms with van der Waals surface area (Å²) in [6, 6.07) is 0. The standard InChI is InChI=1S/C7H7ClN4O/c8-1-2-12-6-5(3-11-12)7(13)10-4-9-6/h3-4H,1-2H2,(H,9,10,13). The van der Waals surface area contributed by atoms with Crippen molar-refractivity contribution in [3.8, 4) is 0 Å². The molecule has 0 amide bonds. The number of aromatic amines is 1. The van der Waals surface area contributed by atoms with Crippen molar-refractivity contribution >= 4 is 22.6 Å². The summed E-state index contributed by atoms with van der Waals surface area (Å²) in [6.45, 7) is 0.557. The van der Waals surface area contributed by atoms with Gasteiger partial charge in [-0.05, 0) is 0 Å². The Morgan fingerprint density at radius 3 is 3.23 bits per heavy atom. The molecule has 13 heavy (non-hydrogen) atoms. The van der Waals surface area contributed by atoms with Crippen molar-refractivity contribution in [2.75, 3.05) is 5.88 Å². The molecule has 0 spiro atoms. The van der Waals surface area contributed by atoms with Gasteiger partial charge in [0.25, 0.3) is 5.56 Å². The molecule has 0 aliphatic rings. The average molecular weight is 199 g/mol. The highest BCUT2D eigenvalue weighted by molar-refractivity contribution is 6.17. The van der Waals surface area contributed by atoms with Gasteiger partial charge in [0.15, 0.2) is 5.65 Å². The van der Waals surface area contributed by atoms with Crippen molar-refractivity contribution in [3.05, 3.63) is 22.9 Å². The third kappa shape index (κ3) is 1.31. The first-order valence-electron chi connectivity index (χ1n) is 3.78. The summed E-state index contributed by atoms with van der Waals surface area (Å²) in [5, 5.41) is 4.49. The number of aromatic nitrogens is 4. The average Bonchev–Trinajstić information content (AvgIpc) is 2.51. The number of nitrogens with one attached hydrogen (secondary N) is 1. The lowest BCUT2D eigenvalue weighted by atomic mass is 10.4. The van der Waals surface area contributed by atoms with E-state index in [0.29, 0.717) is 23.5 Å². The topological polar surface area (TPSA) is 63.6 Å². The highest BCUT2D eigenvalue weighted by Gasteiger charge is 2.05. The summed E-state index contributed by atoms with van der Waals surface area (Å²) < 4.78 is 1.61. The zero-order chi connectivity index (χ0) is 9.26. The van der Waals surface area contributed by atoms with Crippen LogP contribution in [-0.4, -0.2) is 25.6 Å². The monoisotopic (exact) mass is 198 g/mol. The number of rotatable bonds is 2. The smallest absolute Gasteiger partial charge is 0.261 e. The van der Waals surface area contributed by atoms with Gasteiger partial charge in [-0.3, -0.25) is 4.79 Å². The van der Waals surface area contributed by atoms with Gasteiger partial charge in [0.1, 0.15) is 5.39 Å². The molecule has 0 saturated heterocycles. The van der Waals surface area contributed by atoms with Gasteiger partial charge in [-0.2, -0.15) is 5.10 Å². The maximum atomic E-state index is 11.2. The van der Waals surface area contributed by atoms with E-state index in [1.807, 2.05) is 0 Å². The quantitative estimate of drug-likeness (QED) is 0.709. The van der Waals surface area contributed by atoms with Crippen LogP contribution in [0.2, 0.25) is 0 Å². The first-order valence-corrected chi connectivity index (χ1v) is 4.31. The molecule has 0 aliphatic carbocycles. The molecule has 2 aromatic rings. The van der Waals surface area contributed by atoms with Gasteiger partial charge in [0, 0.05) is 5.88 Å².